The van der Waals surface area contributed by atoms with E-state index >= 15 is 0 Å². The van der Waals surface area contributed by atoms with Crippen molar-refractivity contribution >= 4 is 23.4 Å². The molecule has 0 radical (unpaired) electrons. The van der Waals surface area contributed by atoms with E-state index in [1.807, 2.05) is 30.3 Å². The maximum atomic E-state index is 11.0. The third kappa shape index (κ3) is 1.84. The SMILES string of the molecule is NC1SC=C(C(=O)O)N1c1ccccc1. The molecule has 0 amide bonds. The summed E-state index contributed by atoms with van der Waals surface area (Å²) in [7, 11) is 0. The Hall–Kier alpha value is -1.46. The van der Waals surface area contributed by atoms with Crippen LogP contribution in [0, 0.1) is 0 Å². The third-order valence-electron chi connectivity index (χ3n) is 2.09. The minimum Gasteiger partial charge on any atom is -0.477 e. The van der Waals surface area contributed by atoms with Crippen LogP contribution in [0.25, 0.3) is 0 Å². The fraction of sp³-hybridized carbons (Fsp3) is 0.100. The van der Waals surface area contributed by atoms with E-state index in [9.17, 15) is 4.79 Å². The van der Waals surface area contributed by atoms with Crippen LogP contribution in [0.15, 0.2) is 41.4 Å². The number of nitrogens with two attached hydrogens (primary N) is 1. The van der Waals surface area contributed by atoms with Crippen molar-refractivity contribution in [3.63, 3.8) is 0 Å². The van der Waals surface area contributed by atoms with E-state index in [0.717, 1.165) is 5.69 Å². The van der Waals surface area contributed by atoms with Crippen molar-refractivity contribution in [2.24, 2.45) is 5.73 Å². The second-order valence-corrected chi connectivity index (χ2v) is 4.03. The Balaban J connectivity index is 2.35. The van der Waals surface area contributed by atoms with Gasteiger partial charge in [-0.15, -0.1) is 0 Å². The molecule has 78 valence electrons. The summed E-state index contributed by atoms with van der Waals surface area (Å²) >= 11 is 1.30. The van der Waals surface area contributed by atoms with Crippen molar-refractivity contribution in [3.05, 3.63) is 41.4 Å². The Morgan fingerprint density at radius 3 is 2.67 bits per heavy atom. The van der Waals surface area contributed by atoms with Gasteiger partial charge in [-0.05, 0) is 12.1 Å². The molecular formula is C10H10N2O2S. The van der Waals surface area contributed by atoms with Crippen LogP contribution >= 0.6 is 11.8 Å². The molecule has 0 spiro atoms. The summed E-state index contributed by atoms with van der Waals surface area (Å²) < 4.78 is 0. The first-order valence-electron chi connectivity index (χ1n) is 4.39. The van der Waals surface area contributed by atoms with E-state index in [4.69, 9.17) is 10.8 Å². The fourth-order valence-corrected chi connectivity index (χ4v) is 2.26. The van der Waals surface area contributed by atoms with Crippen LogP contribution in [0.4, 0.5) is 5.69 Å². The quantitative estimate of drug-likeness (QED) is 0.792. The number of carboxylic acid groups (broad SMARTS) is 1. The van der Waals surface area contributed by atoms with Crippen molar-refractivity contribution in [1.82, 2.24) is 0 Å². The Morgan fingerprint density at radius 1 is 1.40 bits per heavy atom. The molecule has 1 unspecified atom stereocenters. The zero-order valence-corrected chi connectivity index (χ0v) is 8.65. The smallest absolute Gasteiger partial charge is 0.353 e. The molecule has 0 saturated carbocycles. The first kappa shape index (κ1) is 10.1. The molecule has 0 aliphatic carbocycles. The second kappa shape index (κ2) is 3.96. The largest absolute Gasteiger partial charge is 0.477 e. The van der Waals surface area contributed by atoms with Crippen molar-refractivity contribution < 1.29 is 9.90 Å². The van der Waals surface area contributed by atoms with E-state index in [2.05, 4.69) is 0 Å². The molecule has 1 aliphatic rings. The van der Waals surface area contributed by atoms with Crippen LogP contribution in [0.2, 0.25) is 0 Å². The number of hydrogen-bond donors (Lipinski definition) is 2. The molecule has 0 bridgehead atoms. The lowest BCUT2D eigenvalue weighted by molar-refractivity contribution is -0.132. The van der Waals surface area contributed by atoms with Crippen LogP contribution in [-0.4, -0.2) is 16.6 Å². The maximum absolute atomic E-state index is 11.0. The fourth-order valence-electron chi connectivity index (χ4n) is 1.42. The van der Waals surface area contributed by atoms with Gasteiger partial charge in [0.15, 0.2) is 0 Å². The summed E-state index contributed by atoms with van der Waals surface area (Å²) in [4.78, 5) is 12.6. The Bertz CT molecular complexity index is 405. The highest BCUT2D eigenvalue weighted by Gasteiger charge is 2.29. The molecule has 1 heterocycles. The van der Waals surface area contributed by atoms with Gasteiger partial charge in [0.25, 0.3) is 0 Å². The van der Waals surface area contributed by atoms with E-state index in [1.54, 1.807) is 10.3 Å². The average molecular weight is 222 g/mol. The van der Waals surface area contributed by atoms with E-state index in [0.29, 0.717) is 0 Å². The van der Waals surface area contributed by atoms with E-state index in [1.165, 1.54) is 11.8 Å². The Kier molecular flexibility index (Phi) is 2.66. The standard InChI is InChI=1S/C10H10N2O2S/c11-10-12(7-4-2-1-3-5-7)8(6-15-10)9(13)14/h1-6,10H,11H2,(H,13,14). The van der Waals surface area contributed by atoms with Crippen molar-refractivity contribution in [3.8, 4) is 0 Å². The maximum Gasteiger partial charge on any atom is 0.353 e. The van der Waals surface area contributed by atoms with Crippen LogP contribution in [0.5, 0.6) is 0 Å². The highest BCUT2D eigenvalue weighted by molar-refractivity contribution is 8.03. The zero-order chi connectivity index (χ0) is 10.8. The molecule has 3 N–H and O–H groups in total. The summed E-state index contributed by atoms with van der Waals surface area (Å²) in [5, 5.41) is 10.6. The number of carbonyl (C=O) groups is 1. The van der Waals surface area contributed by atoms with Crippen LogP contribution in [0.1, 0.15) is 0 Å². The number of para-hydroxylation sites is 1. The third-order valence-corrected chi connectivity index (χ3v) is 2.94. The van der Waals surface area contributed by atoms with Crippen molar-refractivity contribution in [2.75, 3.05) is 4.90 Å². The molecule has 1 atom stereocenters. The predicted molar refractivity (Wildman–Crippen MR) is 60.2 cm³/mol. The number of anilines is 1. The summed E-state index contributed by atoms with van der Waals surface area (Å²) in [6.07, 6.45) is 0. The average Bonchev–Trinajstić information content (AvgIpc) is 2.61. The zero-order valence-electron chi connectivity index (χ0n) is 7.83. The normalized spacial score (nSPS) is 20.2. The van der Waals surface area contributed by atoms with Crippen LogP contribution in [-0.2, 0) is 4.79 Å². The molecule has 1 aromatic carbocycles. The number of hydrogen-bond acceptors (Lipinski definition) is 4. The number of carboxylic acids is 1. The highest BCUT2D eigenvalue weighted by atomic mass is 32.2. The van der Waals surface area contributed by atoms with Gasteiger partial charge in [0.2, 0.25) is 0 Å². The molecule has 15 heavy (non-hydrogen) atoms. The molecule has 0 fully saturated rings. The second-order valence-electron chi connectivity index (χ2n) is 3.04. The number of rotatable bonds is 2. The summed E-state index contributed by atoms with van der Waals surface area (Å²) in [6, 6.07) is 9.25. The predicted octanol–water partition coefficient (Wildman–Crippen LogP) is 1.41. The van der Waals surface area contributed by atoms with E-state index in [-0.39, 0.29) is 11.2 Å². The molecule has 0 saturated heterocycles. The van der Waals surface area contributed by atoms with Gasteiger partial charge < -0.3 is 15.7 Å². The number of thioether (sulfide) groups is 1. The summed E-state index contributed by atoms with van der Waals surface area (Å²) in [5.74, 6) is -0.959. The Morgan fingerprint density at radius 2 is 2.07 bits per heavy atom. The topological polar surface area (TPSA) is 66.6 Å². The molecule has 1 aromatic rings. The molecule has 0 aromatic heterocycles. The van der Waals surface area contributed by atoms with Gasteiger partial charge in [-0.25, -0.2) is 4.79 Å². The van der Waals surface area contributed by atoms with E-state index < -0.39 is 5.97 Å². The van der Waals surface area contributed by atoms with Gasteiger partial charge in [-0.1, -0.05) is 30.0 Å². The molecule has 2 rings (SSSR count). The highest BCUT2D eigenvalue weighted by Crippen LogP contribution is 2.32. The minimum absolute atomic E-state index is 0.221. The van der Waals surface area contributed by atoms with Crippen LogP contribution in [0.3, 0.4) is 0 Å². The number of nitrogens with zero attached hydrogens (tertiary/aromatic N) is 1. The molecule has 1 aliphatic heterocycles. The van der Waals surface area contributed by atoms with Crippen molar-refractivity contribution in [2.45, 2.75) is 5.50 Å². The molecule has 4 nitrogen and oxygen atoms in total. The van der Waals surface area contributed by atoms with Gasteiger partial charge in [-0.3, -0.25) is 0 Å². The lowest BCUT2D eigenvalue weighted by Crippen LogP contribution is -2.37. The van der Waals surface area contributed by atoms with Crippen molar-refractivity contribution in [1.29, 1.82) is 0 Å². The Labute approximate surface area is 91.4 Å². The molecular weight excluding hydrogens is 212 g/mol. The number of benzene rings is 1. The monoisotopic (exact) mass is 222 g/mol. The van der Waals surface area contributed by atoms with Gasteiger partial charge >= 0.3 is 5.97 Å². The van der Waals surface area contributed by atoms with Gasteiger partial charge in [0, 0.05) is 11.1 Å². The van der Waals surface area contributed by atoms with Gasteiger partial charge in [0.05, 0.1) is 0 Å². The summed E-state index contributed by atoms with van der Waals surface area (Å²) in [6.45, 7) is 0. The van der Waals surface area contributed by atoms with Gasteiger partial charge in [-0.2, -0.15) is 0 Å². The minimum atomic E-state index is -0.959. The first-order valence-corrected chi connectivity index (χ1v) is 5.33. The number of aliphatic carboxylic acids is 1. The lowest BCUT2D eigenvalue weighted by atomic mass is 10.3. The van der Waals surface area contributed by atoms with Gasteiger partial charge in [0.1, 0.15) is 11.2 Å². The van der Waals surface area contributed by atoms with Crippen LogP contribution < -0.4 is 10.6 Å². The molecule has 5 heteroatoms. The lowest BCUT2D eigenvalue weighted by Gasteiger charge is -2.24. The first-order chi connectivity index (χ1) is 7.20. The summed E-state index contributed by atoms with van der Waals surface area (Å²) in [5.41, 5.74) is 6.47.